The second-order valence-corrected chi connectivity index (χ2v) is 5.19. The highest BCUT2D eigenvalue weighted by atomic mass is 16.5. The predicted octanol–water partition coefficient (Wildman–Crippen LogP) is 2.09. The van der Waals surface area contributed by atoms with Gasteiger partial charge in [-0.25, -0.2) is 4.98 Å². The molecule has 20 heavy (non-hydrogen) atoms. The lowest BCUT2D eigenvalue weighted by Crippen LogP contribution is -2.25. The molecule has 1 aliphatic heterocycles. The lowest BCUT2D eigenvalue weighted by molar-refractivity contribution is 0.408. The van der Waals surface area contributed by atoms with Crippen LogP contribution in [-0.2, 0) is 25.9 Å². The van der Waals surface area contributed by atoms with E-state index < -0.39 is 0 Å². The van der Waals surface area contributed by atoms with Gasteiger partial charge in [0, 0.05) is 31.7 Å². The number of para-hydroxylation sites is 1. The molecule has 4 nitrogen and oxygen atoms in total. The van der Waals surface area contributed by atoms with Crippen molar-refractivity contribution >= 4 is 0 Å². The lowest BCUT2D eigenvalue weighted by Gasteiger charge is -2.16. The van der Waals surface area contributed by atoms with Gasteiger partial charge in [0.25, 0.3) is 0 Å². The normalized spacial score (nSPS) is 14.1. The van der Waals surface area contributed by atoms with Crippen molar-refractivity contribution in [2.75, 3.05) is 13.7 Å². The maximum Gasteiger partial charge on any atom is 0.122 e. The summed E-state index contributed by atoms with van der Waals surface area (Å²) in [5, 5.41) is 3.38. The smallest absolute Gasteiger partial charge is 0.122 e. The van der Waals surface area contributed by atoms with Gasteiger partial charge in [0.05, 0.1) is 12.8 Å². The van der Waals surface area contributed by atoms with E-state index >= 15 is 0 Å². The molecule has 106 valence electrons. The van der Waals surface area contributed by atoms with E-state index in [0.717, 1.165) is 44.0 Å². The quantitative estimate of drug-likeness (QED) is 0.925. The average Bonchev–Trinajstić information content (AvgIpc) is 2.81. The van der Waals surface area contributed by atoms with Crippen molar-refractivity contribution in [3.05, 3.63) is 47.0 Å². The van der Waals surface area contributed by atoms with E-state index in [0.29, 0.717) is 0 Å². The van der Waals surface area contributed by atoms with Gasteiger partial charge in [-0.3, -0.25) is 0 Å². The first-order chi connectivity index (χ1) is 9.79. The van der Waals surface area contributed by atoms with Crippen LogP contribution in [0.3, 0.4) is 0 Å². The summed E-state index contributed by atoms with van der Waals surface area (Å²) in [7, 11) is 1.73. The zero-order chi connectivity index (χ0) is 13.9. The molecule has 0 unspecified atom stereocenters. The molecule has 1 N–H and O–H groups in total. The number of ether oxygens (including phenoxy) is 1. The Morgan fingerprint density at radius 2 is 2.20 bits per heavy atom. The van der Waals surface area contributed by atoms with Gasteiger partial charge in [0.15, 0.2) is 0 Å². The summed E-state index contributed by atoms with van der Waals surface area (Å²) in [6.07, 6.45) is 2.04. The van der Waals surface area contributed by atoms with Gasteiger partial charge < -0.3 is 14.6 Å². The third-order valence-corrected chi connectivity index (χ3v) is 3.97. The van der Waals surface area contributed by atoms with Crippen LogP contribution in [0.5, 0.6) is 5.75 Å². The van der Waals surface area contributed by atoms with Crippen LogP contribution in [0.1, 0.15) is 22.8 Å². The summed E-state index contributed by atoms with van der Waals surface area (Å²) in [6.45, 7) is 5.01. The van der Waals surface area contributed by atoms with Gasteiger partial charge >= 0.3 is 0 Å². The number of rotatable bonds is 4. The average molecular weight is 271 g/mol. The number of nitrogens with zero attached hydrogens (tertiary/aromatic N) is 2. The third kappa shape index (κ3) is 2.43. The van der Waals surface area contributed by atoms with E-state index in [2.05, 4.69) is 33.9 Å². The molecule has 0 radical (unpaired) electrons. The third-order valence-electron chi connectivity index (χ3n) is 3.97. The molecule has 4 heteroatoms. The number of methoxy groups -OCH3 is 1. The maximum absolute atomic E-state index is 5.42. The molecule has 3 rings (SSSR count). The molecule has 0 spiro atoms. The SMILES string of the molecule is COc1ccccc1CCn1c(C)nc2c1CCNC2. The molecule has 0 bridgehead atoms. The molecule has 2 heterocycles. The summed E-state index contributed by atoms with van der Waals surface area (Å²) in [5.74, 6) is 2.09. The fourth-order valence-corrected chi connectivity index (χ4v) is 2.94. The van der Waals surface area contributed by atoms with Crippen LogP contribution in [0, 0.1) is 6.92 Å². The Kier molecular flexibility index (Phi) is 3.74. The molecule has 2 aromatic rings. The second-order valence-electron chi connectivity index (χ2n) is 5.19. The van der Waals surface area contributed by atoms with Gasteiger partial charge in [-0.05, 0) is 25.0 Å². The van der Waals surface area contributed by atoms with Crippen LogP contribution >= 0.6 is 0 Å². The Labute approximate surface area is 119 Å². The Balaban J connectivity index is 1.80. The highest BCUT2D eigenvalue weighted by molar-refractivity contribution is 5.33. The minimum absolute atomic E-state index is 0.901. The number of aryl methyl sites for hydroxylation is 2. The Morgan fingerprint density at radius 3 is 3.05 bits per heavy atom. The first-order valence-corrected chi connectivity index (χ1v) is 7.17. The zero-order valence-electron chi connectivity index (χ0n) is 12.1. The highest BCUT2D eigenvalue weighted by Crippen LogP contribution is 2.21. The molecule has 0 fully saturated rings. The van der Waals surface area contributed by atoms with Gasteiger partial charge in [-0.15, -0.1) is 0 Å². The maximum atomic E-state index is 5.42. The van der Waals surface area contributed by atoms with E-state index in [1.807, 2.05) is 12.1 Å². The number of fused-ring (bicyclic) bond motifs is 1. The number of benzene rings is 1. The Morgan fingerprint density at radius 1 is 1.35 bits per heavy atom. The lowest BCUT2D eigenvalue weighted by atomic mass is 10.1. The van der Waals surface area contributed by atoms with Crippen molar-refractivity contribution in [2.24, 2.45) is 0 Å². The number of aromatic nitrogens is 2. The zero-order valence-corrected chi connectivity index (χ0v) is 12.1. The van der Waals surface area contributed by atoms with Crippen molar-refractivity contribution in [3.8, 4) is 5.75 Å². The van der Waals surface area contributed by atoms with Crippen LogP contribution in [0.15, 0.2) is 24.3 Å². The minimum atomic E-state index is 0.901. The first kappa shape index (κ1) is 13.2. The van der Waals surface area contributed by atoms with E-state index in [-0.39, 0.29) is 0 Å². The predicted molar refractivity (Wildman–Crippen MR) is 79.1 cm³/mol. The van der Waals surface area contributed by atoms with Crippen molar-refractivity contribution in [1.82, 2.24) is 14.9 Å². The van der Waals surface area contributed by atoms with Crippen molar-refractivity contribution in [3.63, 3.8) is 0 Å². The molecule has 1 aliphatic rings. The topological polar surface area (TPSA) is 39.1 Å². The molecule has 0 aliphatic carbocycles. The molecule has 1 aromatic heterocycles. The summed E-state index contributed by atoms with van der Waals surface area (Å²) in [5.41, 5.74) is 3.87. The highest BCUT2D eigenvalue weighted by Gasteiger charge is 2.17. The summed E-state index contributed by atoms with van der Waals surface area (Å²) in [6, 6.07) is 8.24. The number of nitrogens with one attached hydrogen (secondary N) is 1. The van der Waals surface area contributed by atoms with Crippen molar-refractivity contribution < 1.29 is 4.74 Å². The fraction of sp³-hybridized carbons (Fsp3) is 0.438. The van der Waals surface area contributed by atoms with E-state index in [9.17, 15) is 0 Å². The minimum Gasteiger partial charge on any atom is -0.496 e. The van der Waals surface area contributed by atoms with Gasteiger partial charge in [0.2, 0.25) is 0 Å². The van der Waals surface area contributed by atoms with E-state index in [1.165, 1.54) is 17.0 Å². The standard InChI is InChI=1S/C16H21N3O/c1-12-18-14-11-17-9-7-15(14)19(12)10-8-13-5-3-4-6-16(13)20-2/h3-6,17H,7-11H2,1-2H3. The number of hydrogen-bond acceptors (Lipinski definition) is 3. The number of imidazole rings is 1. The van der Waals surface area contributed by atoms with Crippen LogP contribution in [-0.4, -0.2) is 23.2 Å². The molecule has 0 atom stereocenters. The molecular formula is C16H21N3O. The van der Waals surface area contributed by atoms with Crippen molar-refractivity contribution in [2.45, 2.75) is 32.9 Å². The van der Waals surface area contributed by atoms with Gasteiger partial charge in [-0.1, -0.05) is 18.2 Å². The Bertz CT molecular complexity index is 604. The molecule has 0 amide bonds. The van der Waals surface area contributed by atoms with Gasteiger partial charge in [-0.2, -0.15) is 0 Å². The van der Waals surface area contributed by atoms with Crippen LogP contribution in [0.2, 0.25) is 0 Å². The summed E-state index contributed by atoms with van der Waals surface area (Å²) >= 11 is 0. The molecule has 0 saturated carbocycles. The van der Waals surface area contributed by atoms with E-state index in [4.69, 9.17) is 4.74 Å². The van der Waals surface area contributed by atoms with Crippen LogP contribution < -0.4 is 10.1 Å². The first-order valence-electron chi connectivity index (χ1n) is 7.17. The van der Waals surface area contributed by atoms with Crippen molar-refractivity contribution in [1.29, 1.82) is 0 Å². The molecular weight excluding hydrogens is 250 g/mol. The largest absolute Gasteiger partial charge is 0.496 e. The van der Waals surface area contributed by atoms with Gasteiger partial charge in [0.1, 0.15) is 11.6 Å². The summed E-state index contributed by atoms with van der Waals surface area (Å²) < 4.78 is 7.79. The monoisotopic (exact) mass is 271 g/mol. The number of hydrogen-bond donors (Lipinski definition) is 1. The Hall–Kier alpha value is -1.81. The van der Waals surface area contributed by atoms with E-state index in [1.54, 1.807) is 7.11 Å². The summed E-state index contributed by atoms with van der Waals surface area (Å²) in [4.78, 5) is 4.68. The second kappa shape index (κ2) is 5.67. The van der Waals surface area contributed by atoms with Crippen LogP contribution in [0.4, 0.5) is 0 Å². The molecule has 0 saturated heterocycles. The fourth-order valence-electron chi connectivity index (χ4n) is 2.94. The molecule has 1 aromatic carbocycles. The van der Waals surface area contributed by atoms with Crippen LogP contribution in [0.25, 0.3) is 0 Å².